The summed E-state index contributed by atoms with van der Waals surface area (Å²) in [6.07, 6.45) is 7.06. The average Bonchev–Trinajstić information content (AvgIpc) is 3.29. The quantitative estimate of drug-likeness (QED) is 0.865. The molecule has 4 nitrogen and oxygen atoms in total. The van der Waals surface area contributed by atoms with Crippen molar-refractivity contribution in [1.29, 1.82) is 0 Å². The van der Waals surface area contributed by atoms with Crippen LogP contribution in [0.5, 0.6) is 0 Å². The summed E-state index contributed by atoms with van der Waals surface area (Å²) >= 11 is 1.72. The van der Waals surface area contributed by atoms with E-state index in [9.17, 15) is 4.79 Å². The zero-order valence-corrected chi connectivity index (χ0v) is 14.4. The Morgan fingerprint density at radius 2 is 2.17 bits per heavy atom. The minimum absolute atomic E-state index is 0.0158. The Kier molecular flexibility index (Phi) is 4.63. The van der Waals surface area contributed by atoms with E-state index in [0.29, 0.717) is 5.92 Å². The second-order valence-electron chi connectivity index (χ2n) is 6.65. The fourth-order valence-electron chi connectivity index (χ4n) is 3.55. The molecule has 1 aromatic carbocycles. The molecule has 0 unspecified atom stereocenters. The number of amides is 1. The van der Waals surface area contributed by atoms with E-state index < -0.39 is 0 Å². The van der Waals surface area contributed by atoms with E-state index >= 15 is 0 Å². The zero-order valence-electron chi connectivity index (χ0n) is 13.6. The van der Waals surface area contributed by atoms with Crippen LogP contribution < -0.4 is 5.32 Å². The Morgan fingerprint density at radius 1 is 1.29 bits per heavy atom. The van der Waals surface area contributed by atoms with Gasteiger partial charge in [0.2, 0.25) is 5.91 Å². The van der Waals surface area contributed by atoms with Crippen molar-refractivity contribution in [1.82, 2.24) is 10.3 Å². The first-order valence-corrected chi connectivity index (χ1v) is 9.49. The Labute approximate surface area is 145 Å². The van der Waals surface area contributed by atoms with Crippen molar-refractivity contribution in [3.63, 3.8) is 0 Å². The molecule has 1 aliphatic carbocycles. The standard InChI is InChI=1S/C19H22N2O2S/c22-18(20-11-13-9-10-23-12-13)14-5-1-2-6-15(14)19-21-16-7-3-4-8-17(16)24-19/h1-4,7-8,13-15H,5-6,9-12H2,(H,20,22)/t13-,14-,15-/m0/s1. The summed E-state index contributed by atoms with van der Waals surface area (Å²) in [5.41, 5.74) is 1.04. The highest BCUT2D eigenvalue weighted by Crippen LogP contribution is 2.38. The van der Waals surface area contributed by atoms with E-state index in [1.807, 2.05) is 18.2 Å². The summed E-state index contributed by atoms with van der Waals surface area (Å²) in [6.45, 7) is 2.32. The Balaban J connectivity index is 1.49. The first kappa shape index (κ1) is 15.8. The van der Waals surface area contributed by atoms with Gasteiger partial charge in [0.15, 0.2) is 0 Å². The van der Waals surface area contributed by atoms with Gasteiger partial charge in [-0.2, -0.15) is 0 Å². The van der Waals surface area contributed by atoms with E-state index in [-0.39, 0.29) is 17.7 Å². The number of benzene rings is 1. The minimum atomic E-state index is -0.0158. The average molecular weight is 342 g/mol. The highest BCUT2D eigenvalue weighted by atomic mass is 32.1. The van der Waals surface area contributed by atoms with Gasteiger partial charge in [0.1, 0.15) is 0 Å². The molecule has 4 rings (SSSR count). The number of hydrogen-bond donors (Lipinski definition) is 1. The monoisotopic (exact) mass is 342 g/mol. The molecule has 0 saturated carbocycles. The van der Waals surface area contributed by atoms with Crippen molar-refractivity contribution >= 4 is 27.5 Å². The number of carbonyl (C=O) groups is 1. The largest absolute Gasteiger partial charge is 0.381 e. The van der Waals surface area contributed by atoms with Crippen LogP contribution in [0, 0.1) is 11.8 Å². The van der Waals surface area contributed by atoms with Gasteiger partial charge in [-0.15, -0.1) is 11.3 Å². The van der Waals surface area contributed by atoms with Crippen LogP contribution in [-0.2, 0) is 9.53 Å². The number of nitrogens with zero attached hydrogens (tertiary/aromatic N) is 1. The van der Waals surface area contributed by atoms with E-state index in [1.54, 1.807) is 11.3 Å². The van der Waals surface area contributed by atoms with Gasteiger partial charge in [0.25, 0.3) is 0 Å². The van der Waals surface area contributed by atoms with Crippen molar-refractivity contribution in [2.24, 2.45) is 11.8 Å². The van der Waals surface area contributed by atoms with Gasteiger partial charge in [-0.25, -0.2) is 4.98 Å². The summed E-state index contributed by atoms with van der Waals surface area (Å²) < 4.78 is 6.59. The summed E-state index contributed by atoms with van der Waals surface area (Å²) in [4.78, 5) is 17.5. The molecule has 0 spiro atoms. The van der Waals surface area contributed by atoms with Crippen LogP contribution in [0.15, 0.2) is 36.4 Å². The lowest BCUT2D eigenvalue weighted by Crippen LogP contribution is -2.37. The maximum Gasteiger partial charge on any atom is 0.224 e. The fraction of sp³-hybridized carbons (Fsp3) is 0.474. The molecule has 5 heteroatoms. The number of ether oxygens (including phenoxy) is 1. The molecule has 1 amide bonds. The highest BCUT2D eigenvalue weighted by molar-refractivity contribution is 7.18. The first-order chi connectivity index (χ1) is 11.8. The maximum atomic E-state index is 12.7. The van der Waals surface area contributed by atoms with Crippen molar-refractivity contribution in [3.05, 3.63) is 41.4 Å². The van der Waals surface area contributed by atoms with Gasteiger partial charge < -0.3 is 10.1 Å². The predicted molar refractivity (Wildman–Crippen MR) is 96.2 cm³/mol. The van der Waals surface area contributed by atoms with E-state index in [2.05, 4.69) is 23.5 Å². The number of rotatable bonds is 4. The summed E-state index contributed by atoms with van der Waals surface area (Å²) in [7, 11) is 0. The molecule has 1 aromatic heterocycles. The van der Waals surface area contributed by atoms with Gasteiger partial charge in [-0.05, 0) is 31.4 Å². The van der Waals surface area contributed by atoms with Crippen LogP contribution in [0.25, 0.3) is 10.2 Å². The number of carbonyl (C=O) groups excluding carboxylic acids is 1. The second kappa shape index (κ2) is 7.03. The van der Waals surface area contributed by atoms with Crippen LogP contribution in [0.2, 0.25) is 0 Å². The van der Waals surface area contributed by atoms with Crippen LogP contribution in [0.4, 0.5) is 0 Å². The highest BCUT2D eigenvalue weighted by Gasteiger charge is 2.32. The number of fused-ring (bicyclic) bond motifs is 1. The molecule has 0 radical (unpaired) electrons. The summed E-state index contributed by atoms with van der Waals surface area (Å²) in [5.74, 6) is 0.801. The maximum absolute atomic E-state index is 12.7. The lowest BCUT2D eigenvalue weighted by atomic mass is 9.82. The van der Waals surface area contributed by atoms with Gasteiger partial charge in [-0.1, -0.05) is 24.3 Å². The molecular weight excluding hydrogens is 320 g/mol. The zero-order chi connectivity index (χ0) is 16.4. The van der Waals surface area contributed by atoms with Crippen LogP contribution in [0.3, 0.4) is 0 Å². The smallest absolute Gasteiger partial charge is 0.224 e. The molecule has 3 atom stereocenters. The molecule has 2 aromatic rings. The second-order valence-corrected chi connectivity index (χ2v) is 7.71. The molecule has 1 N–H and O–H groups in total. The molecule has 126 valence electrons. The Bertz CT molecular complexity index is 716. The van der Waals surface area contributed by atoms with E-state index in [1.165, 1.54) is 4.70 Å². The van der Waals surface area contributed by atoms with Crippen molar-refractivity contribution in [2.45, 2.75) is 25.2 Å². The molecule has 24 heavy (non-hydrogen) atoms. The number of nitrogens with one attached hydrogen (secondary N) is 1. The lowest BCUT2D eigenvalue weighted by Gasteiger charge is -2.26. The molecule has 1 saturated heterocycles. The van der Waals surface area contributed by atoms with Crippen LogP contribution in [-0.4, -0.2) is 30.6 Å². The van der Waals surface area contributed by atoms with Gasteiger partial charge in [0, 0.05) is 25.0 Å². The van der Waals surface area contributed by atoms with Crippen LogP contribution >= 0.6 is 11.3 Å². The molecule has 1 aliphatic heterocycles. The molecular formula is C19H22N2O2S. The molecule has 2 heterocycles. The van der Waals surface area contributed by atoms with Gasteiger partial charge >= 0.3 is 0 Å². The Hall–Kier alpha value is -1.72. The third-order valence-corrected chi connectivity index (χ3v) is 6.15. The van der Waals surface area contributed by atoms with Crippen molar-refractivity contribution < 1.29 is 9.53 Å². The summed E-state index contributed by atoms with van der Waals surface area (Å²) in [6, 6.07) is 8.20. The van der Waals surface area contributed by atoms with E-state index in [0.717, 1.165) is 49.5 Å². The molecule has 1 fully saturated rings. The predicted octanol–water partition coefficient (Wildman–Crippen LogP) is 3.50. The van der Waals surface area contributed by atoms with Crippen molar-refractivity contribution in [3.8, 4) is 0 Å². The number of thiazole rings is 1. The SMILES string of the molecule is O=C(NC[C@@H]1CCOC1)[C@H]1CC=CC[C@@H]1c1nc2ccccc2s1. The molecule has 0 bridgehead atoms. The van der Waals surface area contributed by atoms with E-state index in [4.69, 9.17) is 9.72 Å². The van der Waals surface area contributed by atoms with Gasteiger partial charge in [0.05, 0.1) is 27.7 Å². The summed E-state index contributed by atoms with van der Waals surface area (Å²) in [5, 5.41) is 4.24. The van der Waals surface area contributed by atoms with Crippen molar-refractivity contribution in [2.75, 3.05) is 19.8 Å². The fourth-order valence-corrected chi connectivity index (χ4v) is 4.69. The Morgan fingerprint density at radius 3 is 3.00 bits per heavy atom. The topological polar surface area (TPSA) is 51.2 Å². The third-order valence-electron chi connectivity index (χ3n) is 4.99. The normalized spacial score (nSPS) is 26.8. The minimum Gasteiger partial charge on any atom is -0.381 e. The number of allylic oxidation sites excluding steroid dienone is 2. The number of aromatic nitrogens is 1. The lowest BCUT2D eigenvalue weighted by molar-refractivity contribution is -0.125. The number of para-hydroxylation sites is 1. The molecule has 2 aliphatic rings. The third kappa shape index (κ3) is 3.23. The van der Waals surface area contributed by atoms with Crippen LogP contribution in [0.1, 0.15) is 30.2 Å². The van der Waals surface area contributed by atoms with Gasteiger partial charge in [-0.3, -0.25) is 4.79 Å². The number of hydrogen-bond acceptors (Lipinski definition) is 4. The first-order valence-electron chi connectivity index (χ1n) is 8.67.